The second-order valence-electron chi connectivity index (χ2n) is 1.95. The van der Waals surface area contributed by atoms with Gasteiger partial charge in [-0.15, -0.1) is 0 Å². The van der Waals surface area contributed by atoms with Gasteiger partial charge in [-0.05, 0) is 6.42 Å². The molecule has 0 atom stereocenters. The molecule has 0 aliphatic carbocycles. The number of nitrogens with two attached hydrogens (primary N) is 2. The average Bonchev–Trinajstić information content (AvgIpc) is 2.03. The standard InChI is InChI=1S/C5H12N4O2/c6-8-5(11)9(7)3-1-2-4-10/h4H,1-3,6-7H2,(H,8,11). The van der Waals surface area contributed by atoms with E-state index in [1.807, 2.05) is 5.43 Å². The van der Waals surface area contributed by atoms with Crippen LogP contribution in [0.2, 0.25) is 0 Å². The predicted octanol–water partition coefficient (Wildman–Crippen LogP) is -1.28. The highest BCUT2D eigenvalue weighted by atomic mass is 16.2. The minimum Gasteiger partial charge on any atom is -0.303 e. The van der Waals surface area contributed by atoms with E-state index in [4.69, 9.17) is 11.7 Å². The first kappa shape index (κ1) is 9.86. The third-order valence-corrected chi connectivity index (χ3v) is 1.11. The highest BCUT2D eigenvalue weighted by molar-refractivity contribution is 5.72. The lowest BCUT2D eigenvalue weighted by Crippen LogP contribution is -2.47. The number of carbonyl (C=O) groups excluding carboxylic acids is 2. The molecule has 0 spiro atoms. The molecule has 0 saturated carbocycles. The number of nitrogens with zero attached hydrogens (tertiary/aromatic N) is 1. The van der Waals surface area contributed by atoms with Crippen molar-refractivity contribution >= 4 is 12.3 Å². The lowest BCUT2D eigenvalue weighted by atomic mass is 10.3. The second-order valence-corrected chi connectivity index (χ2v) is 1.95. The Morgan fingerprint density at radius 2 is 2.27 bits per heavy atom. The first-order valence-corrected chi connectivity index (χ1v) is 3.18. The zero-order valence-corrected chi connectivity index (χ0v) is 6.12. The summed E-state index contributed by atoms with van der Waals surface area (Å²) in [4.78, 5) is 20.4. The van der Waals surface area contributed by atoms with Crippen molar-refractivity contribution in [2.24, 2.45) is 11.7 Å². The van der Waals surface area contributed by atoms with Crippen molar-refractivity contribution in [3.05, 3.63) is 0 Å². The molecule has 0 rings (SSSR count). The molecule has 5 N–H and O–H groups in total. The van der Waals surface area contributed by atoms with Crippen molar-refractivity contribution < 1.29 is 9.59 Å². The van der Waals surface area contributed by atoms with Gasteiger partial charge in [-0.2, -0.15) is 0 Å². The number of urea groups is 1. The molecular formula is C5H12N4O2. The largest absolute Gasteiger partial charge is 0.345 e. The van der Waals surface area contributed by atoms with E-state index in [1.54, 1.807) is 0 Å². The third-order valence-electron chi connectivity index (χ3n) is 1.11. The maximum atomic E-state index is 10.6. The number of amides is 2. The monoisotopic (exact) mass is 160 g/mol. The predicted molar refractivity (Wildman–Crippen MR) is 38.9 cm³/mol. The minimum atomic E-state index is -0.559. The maximum Gasteiger partial charge on any atom is 0.345 e. The molecule has 0 radical (unpaired) electrons. The van der Waals surface area contributed by atoms with E-state index in [-0.39, 0.29) is 0 Å². The Balaban J connectivity index is 3.43. The van der Waals surface area contributed by atoms with E-state index in [0.717, 1.165) is 11.3 Å². The third kappa shape index (κ3) is 4.29. The molecule has 0 unspecified atom stereocenters. The van der Waals surface area contributed by atoms with Crippen LogP contribution in [0.5, 0.6) is 0 Å². The Kier molecular flexibility index (Phi) is 5.05. The lowest BCUT2D eigenvalue weighted by Gasteiger charge is -2.13. The molecule has 0 aromatic heterocycles. The van der Waals surface area contributed by atoms with E-state index in [2.05, 4.69) is 0 Å². The number of unbranched alkanes of at least 4 members (excludes halogenated alkanes) is 1. The SMILES string of the molecule is NNC(=O)N(N)CCCC=O. The molecule has 2 amide bonds. The second kappa shape index (κ2) is 5.63. The quantitative estimate of drug-likeness (QED) is 0.157. The normalized spacial score (nSPS) is 8.91. The molecule has 0 bridgehead atoms. The molecule has 11 heavy (non-hydrogen) atoms. The van der Waals surface area contributed by atoms with Gasteiger partial charge in [0.15, 0.2) is 0 Å². The molecule has 0 fully saturated rings. The van der Waals surface area contributed by atoms with E-state index in [1.165, 1.54) is 0 Å². The molecule has 0 saturated heterocycles. The number of carbonyl (C=O) groups is 2. The molecule has 0 heterocycles. The number of hydrogen-bond donors (Lipinski definition) is 3. The fraction of sp³-hybridized carbons (Fsp3) is 0.600. The van der Waals surface area contributed by atoms with Crippen LogP contribution in [0, 0.1) is 0 Å². The lowest BCUT2D eigenvalue weighted by molar-refractivity contribution is -0.107. The van der Waals surface area contributed by atoms with Crippen molar-refractivity contribution in [1.82, 2.24) is 10.4 Å². The summed E-state index contributed by atoms with van der Waals surface area (Å²) in [5.41, 5.74) is 1.87. The molecule has 6 nitrogen and oxygen atoms in total. The van der Waals surface area contributed by atoms with Crippen molar-refractivity contribution in [3.8, 4) is 0 Å². The van der Waals surface area contributed by atoms with Gasteiger partial charge in [-0.25, -0.2) is 16.5 Å². The van der Waals surface area contributed by atoms with Gasteiger partial charge in [0, 0.05) is 13.0 Å². The van der Waals surface area contributed by atoms with E-state index in [9.17, 15) is 9.59 Å². The van der Waals surface area contributed by atoms with Crippen LogP contribution in [0.3, 0.4) is 0 Å². The summed E-state index contributed by atoms with van der Waals surface area (Å²) >= 11 is 0. The summed E-state index contributed by atoms with van der Waals surface area (Å²) < 4.78 is 0. The molecule has 64 valence electrons. The number of nitrogens with one attached hydrogen (secondary N) is 1. The van der Waals surface area contributed by atoms with Gasteiger partial charge in [0.1, 0.15) is 6.29 Å². The Morgan fingerprint density at radius 3 is 2.73 bits per heavy atom. The summed E-state index contributed by atoms with van der Waals surface area (Å²) in [5, 5.41) is 0.920. The molecule has 0 aliphatic heterocycles. The first-order valence-electron chi connectivity index (χ1n) is 3.18. The Morgan fingerprint density at radius 1 is 1.64 bits per heavy atom. The summed E-state index contributed by atoms with van der Waals surface area (Å²) in [5.74, 6) is 9.98. The topological polar surface area (TPSA) is 101 Å². The van der Waals surface area contributed by atoms with Gasteiger partial charge in [0.25, 0.3) is 0 Å². The van der Waals surface area contributed by atoms with Gasteiger partial charge < -0.3 is 4.79 Å². The van der Waals surface area contributed by atoms with Crippen molar-refractivity contribution in [2.45, 2.75) is 12.8 Å². The first-order chi connectivity index (χ1) is 5.22. The zero-order valence-electron chi connectivity index (χ0n) is 6.12. The Labute approximate surface area is 64.5 Å². The van der Waals surface area contributed by atoms with Crippen LogP contribution < -0.4 is 17.1 Å². The van der Waals surface area contributed by atoms with Crippen LogP contribution in [0.25, 0.3) is 0 Å². The van der Waals surface area contributed by atoms with Gasteiger partial charge in [-0.3, -0.25) is 10.4 Å². The molecule has 6 heteroatoms. The molecule has 0 aliphatic rings. The van der Waals surface area contributed by atoms with Gasteiger partial charge in [-0.1, -0.05) is 0 Å². The molecule has 0 aromatic carbocycles. The van der Waals surface area contributed by atoms with Gasteiger partial charge in [0.2, 0.25) is 0 Å². The summed E-state index contributed by atoms with van der Waals surface area (Å²) in [6.07, 6.45) is 1.72. The minimum absolute atomic E-state index is 0.321. The fourth-order valence-corrected chi connectivity index (χ4v) is 0.529. The van der Waals surface area contributed by atoms with Crippen LogP contribution in [0.1, 0.15) is 12.8 Å². The molecular weight excluding hydrogens is 148 g/mol. The van der Waals surface area contributed by atoms with Crippen molar-refractivity contribution in [3.63, 3.8) is 0 Å². The van der Waals surface area contributed by atoms with Crippen molar-refractivity contribution in [1.29, 1.82) is 0 Å². The van der Waals surface area contributed by atoms with Crippen molar-refractivity contribution in [2.75, 3.05) is 6.54 Å². The van der Waals surface area contributed by atoms with E-state index >= 15 is 0 Å². The van der Waals surface area contributed by atoms with Crippen LogP contribution in [0.4, 0.5) is 4.79 Å². The van der Waals surface area contributed by atoms with Crippen LogP contribution in [-0.4, -0.2) is 23.9 Å². The summed E-state index contributed by atoms with van der Waals surface area (Å²) in [6, 6.07) is -0.559. The zero-order chi connectivity index (χ0) is 8.69. The average molecular weight is 160 g/mol. The highest BCUT2D eigenvalue weighted by Crippen LogP contribution is 1.87. The number of rotatable bonds is 4. The smallest absolute Gasteiger partial charge is 0.303 e. The fourth-order valence-electron chi connectivity index (χ4n) is 0.529. The Bertz CT molecular complexity index is 138. The summed E-state index contributed by atoms with van der Waals surface area (Å²) in [7, 11) is 0. The number of hydrazine groups is 2. The molecule has 0 aromatic rings. The summed E-state index contributed by atoms with van der Waals surface area (Å²) in [6.45, 7) is 0.321. The van der Waals surface area contributed by atoms with Gasteiger partial charge in [0.05, 0.1) is 0 Å². The van der Waals surface area contributed by atoms with Crippen LogP contribution >= 0.6 is 0 Å². The van der Waals surface area contributed by atoms with Gasteiger partial charge >= 0.3 is 6.03 Å². The highest BCUT2D eigenvalue weighted by Gasteiger charge is 2.04. The Hall–Kier alpha value is -1.14. The number of hydrogen-bond acceptors (Lipinski definition) is 4. The van der Waals surface area contributed by atoms with Crippen LogP contribution in [0.15, 0.2) is 0 Å². The number of aldehydes is 1. The van der Waals surface area contributed by atoms with Crippen LogP contribution in [-0.2, 0) is 4.79 Å². The van der Waals surface area contributed by atoms with E-state index < -0.39 is 6.03 Å². The maximum absolute atomic E-state index is 10.6. The van der Waals surface area contributed by atoms with E-state index in [0.29, 0.717) is 19.4 Å².